The maximum Gasteiger partial charge on any atom is 0.573 e. The number of piperidine rings is 1. The number of carbonyl (C=O) groups is 2. The fourth-order valence-electron chi connectivity index (χ4n) is 2.64. The molecule has 0 bridgehead atoms. The standard InChI is InChI=1S/C18H23F4N3O4/c1-17(2,3)29-16(27)25-9-8-14(13(19)10-25)24-15(26)23-11-4-6-12(7-5-11)28-18(20,21)22/h4-7,13-14H,8-10H2,1-3H3,(H2,23,24,26)/t13-,14+/m1/s1. The van der Waals surface area contributed by atoms with Crippen LogP contribution in [0.4, 0.5) is 32.8 Å². The molecule has 1 saturated heterocycles. The van der Waals surface area contributed by atoms with Crippen molar-refractivity contribution >= 4 is 17.8 Å². The number of ether oxygens (including phenoxy) is 2. The maximum absolute atomic E-state index is 14.4. The number of nitrogens with one attached hydrogen (secondary N) is 2. The number of carbonyl (C=O) groups excluding carboxylic acids is 2. The zero-order chi connectivity index (χ0) is 21.8. The number of hydrogen-bond donors (Lipinski definition) is 2. The van der Waals surface area contributed by atoms with Crippen molar-refractivity contribution < 1.29 is 36.6 Å². The Morgan fingerprint density at radius 1 is 1.14 bits per heavy atom. The van der Waals surface area contributed by atoms with E-state index in [2.05, 4.69) is 15.4 Å². The fourth-order valence-corrected chi connectivity index (χ4v) is 2.64. The Kier molecular flexibility index (Phi) is 6.81. The zero-order valence-corrected chi connectivity index (χ0v) is 16.2. The Balaban J connectivity index is 1.83. The van der Waals surface area contributed by atoms with Gasteiger partial charge in [0.1, 0.15) is 17.5 Å². The Labute approximate surface area is 165 Å². The van der Waals surface area contributed by atoms with E-state index in [0.29, 0.717) is 0 Å². The van der Waals surface area contributed by atoms with Crippen molar-refractivity contribution in [2.45, 2.75) is 51.4 Å². The van der Waals surface area contributed by atoms with Crippen LogP contribution in [0, 0.1) is 0 Å². The smallest absolute Gasteiger partial charge is 0.444 e. The molecule has 1 aliphatic rings. The highest BCUT2D eigenvalue weighted by Crippen LogP contribution is 2.24. The lowest BCUT2D eigenvalue weighted by atomic mass is 10.0. The molecule has 2 N–H and O–H groups in total. The number of alkyl halides is 4. The predicted octanol–water partition coefficient (Wildman–Crippen LogP) is 4.05. The van der Waals surface area contributed by atoms with Gasteiger partial charge in [0, 0.05) is 12.2 Å². The van der Waals surface area contributed by atoms with Gasteiger partial charge < -0.3 is 25.0 Å². The molecule has 7 nitrogen and oxygen atoms in total. The average Bonchev–Trinajstić information content (AvgIpc) is 2.55. The van der Waals surface area contributed by atoms with Gasteiger partial charge in [-0.2, -0.15) is 0 Å². The Bertz CT molecular complexity index is 719. The first-order valence-corrected chi connectivity index (χ1v) is 8.88. The van der Waals surface area contributed by atoms with Crippen LogP contribution in [0.2, 0.25) is 0 Å². The van der Waals surface area contributed by atoms with Crippen LogP contribution in [-0.2, 0) is 4.74 Å². The van der Waals surface area contributed by atoms with Gasteiger partial charge in [-0.1, -0.05) is 0 Å². The number of rotatable bonds is 3. The molecule has 0 radical (unpaired) electrons. The summed E-state index contributed by atoms with van der Waals surface area (Å²) in [6, 6.07) is 2.99. The van der Waals surface area contributed by atoms with E-state index in [1.54, 1.807) is 20.8 Å². The number of hydrogen-bond acceptors (Lipinski definition) is 4. The van der Waals surface area contributed by atoms with Crippen molar-refractivity contribution in [2.24, 2.45) is 0 Å². The molecule has 2 rings (SSSR count). The Hall–Kier alpha value is -2.72. The van der Waals surface area contributed by atoms with Gasteiger partial charge in [0.2, 0.25) is 0 Å². The lowest BCUT2D eigenvalue weighted by molar-refractivity contribution is -0.274. The number of nitrogens with zero attached hydrogens (tertiary/aromatic N) is 1. The van der Waals surface area contributed by atoms with Crippen LogP contribution >= 0.6 is 0 Å². The molecule has 0 saturated carbocycles. The van der Waals surface area contributed by atoms with Gasteiger partial charge >= 0.3 is 18.5 Å². The molecule has 1 aromatic carbocycles. The van der Waals surface area contributed by atoms with Crippen molar-refractivity contribution in [3.8, 4) is 5.75 Å². The second-order valence-electron chi connectivity index (χ2n) is 7.51. The van der Waals surface area contributed by atoms with Gasteiger partial charge in [0.15, 0.2) is 0 Å². The van der Waals surface area contributed by atoms with Gasteiger partial charge in [-0.3, -0.25) is 0 Å². The van der Waals surface area contributed by atoms with E-state index in [-0.39, 0.29) is 25.2 Å². The third-order valence-electron chi connectivity index (χ3n) is 3.86. The SMILES string of the molecule is CC(C)(C)OC(=O)N1CC[C@H](NC(=O)Nc2ccc(OC(F)(F)F)cc2)[C@H](F)C1. The normalized spacial score (nSPS) is 20.0. The number of benzene rings is 1. The van der Waals surface area contributed by atoms with Crippen LogP contribution in [0.5, 0.6) is 5.75 Å². The predicted molar refractivity (Wildman–Crippen MR) is 96.4 cm³/mol. The Morgan fingerprint density at radius 2 is 1.76 bits per heavy atom. The van der Waals surface area contributed by atoms with E-state index in [1.165, 1.54) is 17.0 Å². The summed E-state index contributed by atoms with van der Waals surface area (Å²) in [6.45, 7) is 5.11. The summed E-state index contributed by atoms with van der Waals surface area (Å²) in [7, 11) is 0. The lowest BCUT2D eigenvalue weighted by Gasteiger charge is -2.35. The first kappa shape index (κ1) is 22.6. The second kappa shape index (κ2) is 8.75. The highest BCUT2D eigenvalue weighted by molar-refractivity contribution is 5.89. The van der Waals surface area contributed by atoms with E-state index in [0.717, 1.165) is 12.1 Å². The van der Waals surface area contributed by atoms with E-state index in [9.17, 15) is 27.2 Å². The molecule has 1 fully saturated rings. The van der Waals surface area contributed by atoms with Crippen molar-refractivity contribution in [2.75, 3.05) is 18.4 Å². The Morgan fingerprint density at radius 3 is 2.28 bits per heavy atom. The molecular formula is C18H23F4N3O4. The number of likely N-dealkylation sites (tertiary alicyclic amines) is 1. The highest BCUT2D eigenvalue weighted by Gasteiger charge is 2.34. The highest BCUT2D eigenvalue weighted by atomic mass is 19.4. The summed E-state index contributed by atoms with van der Waals surface area (Å²) in [4.78, 5) is 25.3. The number of urea groups is 1. The molecule has 1 aromatic rings. The summed E-state index contributed by atoms with van der Waals surface area (Å²) in [6.07, 6.45) is -6.74. The minimum atomic E-state index is -4.81. The van der Waals surface area contributed by atoms with Gasteiger partial charge in [-0.15, -0.1) is 13.2 Å². The summed E-state index contributed by atoms with van der Waals surface area (Å²) in [5.41, 5.74) is -0.489. The molecule has 29 heavy (non-hydrogen) atoms. The van der Waals surface area contributed by atoms with Gasteiger partial charge in [0.05, 0.1) is 12.6 Å². The quantitative estimate of drug-likeness (QED) is 0.722. The topological polar surface area (TPSA) is 79.9 Å². The third-order valence-corrected chi connectivity index (χ3v) is 3.86. The fraction of sp³-hybridized carbons (Fsp3) is 0.556. The second-order valence-corrected chi connectivity index (χ2v) is 7.51. The first-order chi connectivity index (χ1) is 13.3. The molecule has 11 heteroatoms. The average molecular weight is 421 g/mol. The van der Waals surface area contributed by atoms with Crippen molar-refractivity contribution in [3.63, 3.8) is 0 Å². The minimum Gasteiger partial charge on any atom is -0.444 e. The maximum atomic E-state index is 14.4. The van der Waals surface area contributed by atoms with Crippen LogP contribution in [0.25, 0.3) is 0 Å². The van der Waals surface area contributed by atoms with Crippen molar-refractivity contribution in [1.82, 2.24) is 10.2 Å². The van der Waals surface area contributed by atoms with E-state index in [4.69, 9.17) is 4.74 Å². The molecule has 2 atom stereocenters. The van der Waals surface area contributed by atoms with E-state index in [1.807, 2.05) is 0 Å². The molecule has 1 heterocycles. The summed E-state index contributed by atoms with van der Waals surface area (Å²) in [5, 5.41) is 4.87. The summed E-state index contributed by atoms with van der Waals surface area (Å²) in [5.74, 6) is -0.429. The molecule has 0 unspecified atom stereocenters. The van der Waals surface area contributed by atoms with Crippen LogP contribution in [0.15, 0.2) is 24.3 Å². The van der Waals surface area contributed by atoms with Crippen LogP contribution < -0.4 is 15.4 Å². The van der Waals surface area contributed by atoms with Crippen molar-refractivity contribution in [3.05, 3.63) is 24.3 Å². The van der Waals surface area contributed by atoms with E-state index < -0.39 is 42.1 Å². The monoisotopic (exact) mass is 421 g/mol. The molecule has 0 aliphatic carbocycles. The molecule has 1 aliphatic heterocycles. The number of anilines is 1. The molecule has 0 spiro atoms. The number of halogens is 4. The molecular weight excluding hydrogens is 398 g/mol. The zero-order valence-electron chi connectivity index (χ0n) is 16.2. The van der Waals surface area contributed by atoms with E-state index >= 15 is 0 Å². The first-order valence-electron chi connectivity index (χ1n) is 8.88. The van der Waals surface area contributed by atoms with Crippen LogP contribution in [0.3, 0.4) is 0 Å². The van der Waals surface area contributed by atoms with Crippen LogP contribution in [0.1, 0.15) is 27.2 Å². The molecule has 0 aromatic heterocycles. The van der Waals surface area contributed by atoms with Gasteiger partial charge in [-0.05, 0) is 51.5 Å². The third kappa shape index (κ3) is 7.66. The number of amides is 3. The largest absolute Gasteiger partial charge is 0.573 e. The van der Waals surface area contributed by atoms with Gasteiger partial charge in [0.25, 0.3) is 0 Å². The van der Waals surface area contributed by atoms with Crippen molar-refractivity contribution in [1.29, 1.82) is 0 Å². The molecule has 3 amide bonds. The summed E-state index contributed by atoms with van der Waals surface area (Å²) < 4.78 is 59.7. The lowest BCUT2D eigenvalue weighted by Crippen LogP contribution is -2.55. The van der Waals surface area contributed by atoms with Gasteiger partial charge in [-0.25, -0.2) is 14.0 Å². The van der Waals surface area contributed by atoms with Crippen LogP contribution in [-0.4, -0.2) is 54.3 Å². The molecule has 162 valence electrons. The summed E-state index contributed by atoms with van der Waals surface area (Å²) >= 11 is 0. The minimum absolute atomic E-state index is 0.187.